The maximum Gasteiger partial charge on any atom is 0.224 e. The van der Waals surface area contributed by atoms with Crippen LogP contribution in [0.25, 0.3) is 0 Å². The normalized spacial score (nSPS) is 20.6. The maximum absolute atomic E-state index is 12.2. The Morgan fingerprint density at radius 2 is 2.32 bits per heavy atom. The third kappa shape index (κ3) is 3.14. The van der Waals surface area contributed by atoms with Gasteiger partial charge in [-0.25, -0.2) is 18.4 Å². The smallest absolute Gasteiger partial charge is 0.224 e. The van der Waals surface area contributed by atoms with Crippen LogP contribution in [0.5, 0.6) is 0 Å². The molecule has 0 radical (unpaired) electrons. The van der Waals surface area contributed by atoms with Crippen LogP contribution in [0.2, 0.25) is 5.28 Å². The van der Waals surface area contributed by atoms with Gasteiger partial charge in [0.2, 0.25) is 5.28 Å². The Morgan fingerprint density at radius 1 is 1.58 bits per heavy atom. The summed E-state index contributed by atoms with van der Waals surface area (Å²) in [6.45, 7) is 4.19. The van der Waals surface area contributed by atoms with Crippen LogP contribution in [0.15, 0.2) is 6.20 Å². The Hall–Kier alpha value is -0.530. The van der Waals surface area contributed by atoms with Crippen LogP contribution in [0.4, 0.5) is 5.82 Å². The predicted molar refractivity (Wildman–Crippen MR) is 79.7 cm³/mol. The Bertz CT molecular complexity index is 565. The van der Waals surface area contributed by atoms with E-state index in [1.807, 2.05) is 11.8 Å². The summed E-state index contributed by atoms with van der Waals surface area (Å²) in [6.07, 6.45) is 1.63. The van der Waals surface area contributed by atoms with Crippen molar-refractivity contribution in [2.45, 2.75) is 19.2 Å². The summed E-state index contributed by atoms with van der Waals surface area (Å²) in [6, 6.07) is 0. The zero-order valence-electron chi connectivity index (χ0n) is 10.8. The molecule has 2 heterocycles. The summed E-state index contributed by atoms with van der Waals surface area (Å²) in [5.74, 6) is 2.21. The molecule has 0 N–H and O–H groups in total. The van der Waals surface area contributed by atoms with Crippen LogP contribution in [0.1, 0.15) is 12.5 Å². The lowest BCUT2D eigenvalue weighted by atomic mass is 10.3. The topological polar surface area (TPSA) is 63.2 Å². The zero-order valence-corrected chi connectivity index (χ0v) is 13.2. The molecule has 0 aliphatic carbocycles. The quantitative estimate of drug-likeness (QED) is 0.790. The van der Waals surface area contributed by atoms with E-state index in [4.69, 9.17) is 11.6 Å². The van der Waals surface area contributed by atoms with Gasteiger partial charge in [-0.2, -0.15) is 11.8 Å². The van der Waals surface area contributed by atoms with Crippen molar-refractivity contribution in [2.24, 2.45) is 0 Å². The second-order valence-corrected chi connectivity index (χ2v) is 8.26. The lowest BCUT2D eigenvalue weighted by Crippen LogP contribution is -2.48. The monoisotopic (exact) mass is 321 g/mol. The number of hydrogen-bond donors (Lipinski definition) is 0. The second kappa shape index (κ2) is 5.85. The molecule has 0 amide bonds. The van der Waals surface area contributed by atoms with Crippen molar-refractivity contribution in [2.75, 3.05) is 28.7 Å². The number of hydrogen-bond acceptors (Lipinski definition) is 6. The molecule has 8 heteroatoms. The van der Waals surface area contributed by atoms with Crippen LogP contribution < -0.4 is 4.90 Å². The predicted octanol–water partition coefficient (Wildman–Crippen LogP) is 1.75. The first-order valence-corrected chi connectivity index (χ1v) is 9.25. The largest absolute Gasteiger partial charge is 0.338 e. The van der Waals surface area contributed by atoms with Crippen LogP contribution in [-0.2, 0) is 9.84 Å². The summed E-state index contributed by atoms with van der Waals surface area (Å²) in [4.78, 5) is 9.96. The highest BCUT2D eigenvalue weighted by Gasteiger charge is 2.34. The van der Waals surface area contributed by atoms with E-state index in [-0.39, 0.29) is 11.0 Å². The fraction of sp³-hybridized carbons (Fsp3) is 0.636. The van der Waals surface area contributed by atoms with E-state index in [9.17, 15) is 8.42 Å². The minimum absolute atomic E-state index is 0.132. The Labute approximate surface area is 122 Å². The molecule has 1 aromatic rings. The third-order valence-corrected chi connectivity index (χ3v) is 6.56. The van der Waals surface area contributed by atoms with Crippen molar-refractivity contribution in [3.63, 3.8) is 0 Å². The fourth-order valence-corrected chi connectivity index (χ4v) is 5.11. The van der Waals surface area contributed by atoms with Crippen molar-refractivity contribution in [1.29, 1.82) is 0 Å². The van der Waals surface area contributed by atoms with Crippen molar-refractivity contribution in [3.8, 4) is 0 Å². The van der Waals surface area contributed by atoms with Crippen LogP contribution >= 0.6 is 23.4 Å². The molecule has 0 spiro atoms. The number of aryl methyl sites for hydroxylation is 1. The van der Waals surface area contributed by atoms with Gasteiger partial charge >= 0.3 is 0 Å². The van der Waals surface area contributed by atoms with Gasteiger partial charge in [0.05, 0.1) is 0 Å². The van der Waals surface area contributed by atoms with E-state index in [0.29, 0.717) is 18.1 Å². The lowest BCUT2D eigenvalue weighted by molar-refractivity contribution is 0.578. The van der Waals surface area contributed by atoms with E-state index in [2.05, 4.69) is 9.97 Å². The first-order chi connectivity index (χ1) is 8.95. The van der Waals surface area contributed by atoms with Crippen molar-refractivity contribution in [3.05, 3.63) is 17.0 Å². The van der Waals surface area contributed by atoms with Gasteiger partial charge in [0.15, 0.2) is 9.84 Å². The summed E-state index contributed by atoms with van der Waals surface area (Å²) < 4.78 is 24.4. The average molecular weight is 322 g/mol. The molecule has 19 heavy (non-hydrogen) atoms. The van der Waals surface area contributed by atoms with Gasteiger partial charge in [0, 0.05) is 35.6 Å². The first kappa shape index (κ1) is 14.9. The van der Waals surface area contributed by atoms with Gasteiger partial charge in [0.25, 0.3) is 0 Å². The van der Waals surface area contributed by atoms with Gasteiger partial charge in [-0.3, -0.25) is 0 Å². The molecule has 1 aliphatic heterocycles. The molecular weight excluding hydrogens is 306 g/mol. The number of nitrogens with zero attached hydrogens (tertiary/aromatic N) is 3. The van der Waals surface area contributed by atoms with E-state index < -0.39 is 15.2 Å². The van der Waals surface area contributed by atoms with Gasteiger partial charge in [0.1, 0.15) is 11.2 Å². The van der Waals surface area contributed by atoms with E-state index in [1.165, 1.54) is 0 Å². The highest BCUT2D eigenvalue weighted by Crippen LogP contribution is 2.28. The van der Waals surface area contributed by atoms with Crippen LogP contribution in [-0.4, -0.2) is 47.6 Å². The summed E-state index contributed by atoms with van der Waals surface area (Å²) >= 11 is 7.48. The Morgan fingerprint density at radius 3 is 3.00 bits per heavy atom. The number of aromatic nitrogens is 2. The number of thioether (sulfide) groups is 1. The standard InChI is InChI=1S/C11H16ClN3O2S2/c1-3-19(16,17)9-7-18-5-4-15(9)10-8(2)6-13-11(12)14-10/h6,9H,3-5,7H2,1-2H3. The summed E-state index contributed by atoms with van der Waals surface area (Å²) in [5, 5.41) is -0.382. The molecule has 0 bridgehead atoms. The fourth-order valence-electron chi connectivity index (χ4n) is 2.02. The van der Waals surface area contributed by atoms with Crippen LogP contribution in [0, 0.1) is 6.92 Å². The SMILES string of the molecule is CCS(=O)(=O)C1CSCCN1c1nc(Cl)ncc1C. The molecule has 1 aromatic heterocycles. The van der Waals surface area contributed by atoms with Crippen molar-refractivity contribution in [1.82, 2.24) is 9.97 Å². The minimum atomic E-state index is -3.15. The third-order valence-electron chi connectivity index (χ3n) is 3.09. The van der Waals surface area contributed by atoms with Gasteiger partial charge < -0.3 is 4.90 Å². The molecule has 1 unspecified atom stereocenters. The molecule has 0 saturated carbocycles. The van der Waals surface area contributed by atoms with Gasteiger partial charge in [-0.15, -0.1) is 0 Å². The lowest BCUT2D eigenvalue weighted by Gasteiger charge is -2.36. The molecule has 1 atom stereocenters. The highest BCUT2D eigenvalue weighted by molar-refractivity contribution is 8.01. The van der Waals surface area contributed by atoms with Crippen molar-refractivity contribution >= 4 is 39.0 Å². The van der Waals surface area contributed by atoms with Crippen molar-refractivity contribution < 1.29 is 8.42 Å². The van der Waals surface area contributed by atoms with Gasteiger partial charge in [-0.1, -0.05) is 6.92 Å². The molecular formula is C11H16ClN3O2S2. The maximum atomic E-state index is 12.2. The second-order valence-electron chi connectivity index (χ2n) is 4.32. The highest BCUT2D eigenvalue weighted by atomic mass is 35.5. The van der Waals surface area contributed by atoms with E-state index in [0.717, 1.165) is 11.3 Å². The van der Waals surface area contributed by atoms with Crippen LogP contribution in [0.3, 0.4) is 0 Å². The molecule has 5 nitrogen and oxygen atoms in total. The first-order valence-electron chi connectivity index (χ1n) is 6.01. The Balaban J connectivity index is 2.42. The van der Waals surface area contributed by atoms with E-state index >= 15 is 0 Å². The molecule has 106 valence electrons. The molecule has 1 aliphatic rings. The number of anilines is 1. The van der Waals surface area contributed by atoms with Gasteiger partial charge in [-0.05, 0) is 18.5 Å². The average Bonchev–Trinajstić information content (AvgIpc) is 2.41. The summed E-state index contributed by atoms with van der Waals surface area (Å²) in [5.41, 5.74) is 0.840. The number of sulfone groups is 1. The minimum Gasteiger partial charge on any atom is -0.338 e. The zero-order chi connectivity index (χ0) is 14.0. The Kier molecular flexibility index (Phi) is 4.58. The molecule has 0 aromatic carbocycles. The van der Waals surface area contributed by atoms with E-state index in [1.54, 1.807) is 24.9 Å². The number of rotatable bonds is 3. The summed E-state index contributed by atoms with van der Waals surface area (Å²) in [7, 11) is -3.15. The molecule has 1 saturated heterocycles. The molecule has 1 fully saturated rings. The number of halogens is 1. The molecule has 2 rings (SSSR count).